The molecule has 1 aromatic heterocycles. The van der Waals surface area contributed by atoms with Crippen LogP contribution in [0.25, 0.3) is 0 Å². The summed E-state index contributed by atoms with van der Waals surface area (Å²) in [6.07, 6.45) is 0.672. The predicted molar refractivity (Wildman–Crippen MR) is 106 cm³/mol. The summed E-state index contributed by atoms with van der Waals surface area (Å²) in [5, 5.41) is 4.81. The molecule has 0 aliphatic carbocycles. The molecule has 1 unspecified atom stereocenters. The maximum Gasteiger partial charge on any atom is 0.258 e. The Hall–Kier alpha value is -2.51. The average molecular weight is 448 g/mol. The van der Waals surface area contributed by atoms with Gasteiger partial charge in [0.25, 0.3) is 5.91 Å². The van der Waals surface area contributed by atoms with E-state index in [0.717, 1.165) is 14.9 Å². The lowest BCUT2D eigenvalue weighted by Gasteiger charge is -2.18. The molecular weight excluding hydrogens is 433 g/mol. The number of amides is 1. The van der Waals surface area contributed by atoms with Crippen molar-refractivity contribution in [1.82, 2.24) is 5.32 Å². The van der Waals surface area contributed by atoms with Gasteiger partial charge in [-0.3, -0.25) is 9.59 Å². The van der Waals surface area contributed by atoms with Crippen LogP contribution in [0.5, 0.6) is 5.75 Å². The van der Waals surface area contributed by atoms with Crippen LogP contribution in [0.4, 0.5) is 4.39 Å². The largest absolute Gasteiger partial charge is 0.483 e. The molecule has 7 heteroatoms. The van der Waals surface area contributed by atoms with E-state index in [2.05, 4.69) is 21.2 Å². The van der Waals surface area contributed by atoms with Crippen LogP contribution in [0, 0.1) is 5.82 Å². The Morgan fingerprint density at radius 1 is 1.22 bits per heavy atom. The smallest absolute Gasteiger partial charge is 0.258 e. The first-order valence-electron chi connectivity index (χ1n) is 8.02. The minimum atomic E-state index is -0.405. The molecule has 1 N–H and O–H groups in total. The molecule has 0 aliphatic rings. The van der Waals surface area contributed by atoms with Gasteiger partial charge in [-0.25, -0.2) is 4.39 Å². The molecule has 0 saturated carbocycles. The SMILES string of the molecule is O=Cc1cc(Br)ccc1OCC(=O)NC(c1ccc(F)cc1)c1cccs1. The Labute approximate surface area is 168 Å². The number of benzene rings is 2. The third kappa shape index (κ3) is 5.02. The molecule has 0 fully saturated rings. The number of carbonyl (C=O) groups is 2. The van der Waals surface area contributed by atoms with Crippen LogP contribution >= 0.6 is 27.3 Å². The number of hydrogen-bond donors (Lipinski definition) is 1. The van der Waals surface area contributed by atoms with Crippen molar-refractivity contribution < 1.29 is 18.7 Å². The fourth-order valence-corrected chi connectivity index (χ4v) is 3.70. The number of hydrogen-bond acceptors (Lipinski definition) is 4. The number of halogens is 2. The number of rotatable bonds is 7. The van der Waals surface area contributed by atoms with Gasteiger partial charge in [0.15, 0.2) is 12.9 Å². The van der Waals surface area contributed by atoms with Crippen molar-refractivity contribution in [3.63, 3.8) is 0 Å². The van der Waals surface area contributed by atoms with E-state index in [0.29, 0.717) is 17.6 Å². The van der Waals surface area contributed by atoms with Gasteiger partial charge in [-0.15, -0.1) is 11.3 Å². The zero-order valence-electron chi connectivity index (χ0n) is 14.0. The van der Waals surface area contributed by atoms with Crippen molar-refractivity contribution in [2.45, 2.75) is 6.04 Å². The summed E-state index contributed by atoms with van der Waals surface area (Å²) in [5.41, 5.74) is 1.12. The molecule has 3 aromatic rings. The first-order chi connectivity index (χ1) is 13.1. The zero-order chi connectivity index (χ0) is 19.2. The van der Waals surface area contributed by atoms with E-state index >= 15 is 0 Å². The summed E-state index contributed by atoms with van der Waals surface area (Å²) < 4.78 is 19.5. The number of thiophene rings is 1. The van der Waals surface area contributed by atoms with E-state index in [1.165, 1.54) is 23.5 Å². The maximum atomic E-state index is 13.2. The van der Waals surface area contributed by atoms with Crippen LogP contribution in [0.2, 0.25) is 0 Å². The van der Waals surface area contributed by atoms with Crippen LogP contribution < -0.4 is 10.1 Å². The van der Waals surface area contributed by atoms with Gasteiger partial charge >= 0.3 is 0 Å². The molecule has 1 amide bonds. The highest BCUT2D eigenvalue weighted by molar-refractivity contribution is 9.10. The van der Waals surface area contributed by atoms with Crippen molar-refractivity contribution in [3.05, 3.63) is 86.3 Å². The van der Waals surface area contributed by atoms with Crippen LogP contribution in [0.15, 0.2) is 64.5 Å². The number of ether oxygens (including phenoxy) is 1. The topological polar surface area (TPSA) is 55.4 Å². The molecule has 2 aromatic carbocycles. The second kappa shape index (κ2) is 8.92. The molecule has 1 heterocycles. The van der Waals surface area contributed by atoms with E-state index in [1.807, 2.05) is 17.5 Å². The summed E-state index contributed by atoms with van der Waals surface area (Å²) in [4.78, 5) is 24.5. The van der Waals surface area contributed by atoms with Gasteiger partial charge in [-0.2, -0.15) is 0 Å². The fraction of sp³-hybridized carbons (Fsp3) is 0.100. The summed E-state index contributed by atoms with van der Waals surface area (Å²) in [6, 6.07) is 14.3. The number of aldehydes is 1. The second-order valence-corrected chi connectivity index (χ2v) is 7.55. The van der Waals surface area contributed by atoms with Gasteiger partial charge in [-0.05, 0) is 47.3 Å². The van der Waals surface area contributed by atoms with E-state index in [9.17, 15) is 14.0 Å². The molecule has 0 saturated heterocycles. The highest BCUT2D eigenvalue weighted by atomic mass is 79.9. The Kier molecular flexibility index (Phi) is 6.36. The van der Waals surface area contributed by atoms with Gasteiger partial charge in [0.05, 0.1) is 11.6 Å². The van der Waals surface area contributed by atoms with Crippen molar-refractivity contribution >= 4 is 39.5 Å². The summed E-state index contributed by atoms with van der Waals surface area (Å²) in [7, 11) is 0. The molecule has 4 nitrogen and oxygen atoms in total. The number of carbonyl (C=O) groups excluding carboxylic acids is 2. The monoisotopic (exact) mass is 447 g/mol. The van der Waals surface area contributed by atoms with Crippen LogP contribution in [0.3, 0.4) is 0 Å². The lowest BCUT2D eigenvalue weighted by atomic mass is 10.1. The molecule has 1 atom stereocenters. The predicted octanol–water partition coefficient (Wildman–Crippen LogP) is 4.75. The van der Waals surface area contributed by atoms with E-state index in [4.69, 9.17) is 4.74 Å². The highest BCUT2D eigenvalue weighted by Gasteiger charge is 2.18. The minimum absolute atomic E-state index is 0.245. The third-order valence-electron chi connectivity index (χ3n) is 3.79. The molecule has 0 bridgehead atoms. The summed E-state index contributed by atoms with van der Waals surface area (Å²) in [5.74, 6) is -0.356. The van der Waals surface area contributed by atoms with Gasteiger partial charge in [0.2, 0.25) is 0 Å². The molecular formula is C20H15BrFNO3S. The molecule has 138 valence electrons. The summed E-state index contributed by atoms with van der Waals surface area (Å²) >= 11 is 4.78. The van der Waals surface area contributed by atoms with Gasteiger partial charge < -0.3 is 10.1 Å². The third-order valence-corrected chi connectivity index (χ3v) is 5.22. The molecule has 0 radical (unpaired) electrons. The lowest BCUT2D eigenvalue weighted by molar-refractivity contribution is -0.123. The van der Waals surface area contributed by atoms with Crippen molar-refractivity contribution in [2.75, 3.05) is 6.61 Å². The van der Waals surface area contributed by atoms with E-state index < -0.39 is 6.04 Å². The average Bonchev–Trinajstić information content (AvgIpc) is 3.20. The fourth-order valence-electron chi connectivity index (χ4n) is 2.52. The standard InChI is InChI=1S/C20H15BrFNO3S/c21-15-5-8-17(14(10-15)11-24)26-12-19(25)23-20(18-2-1-9-27-18)13-3-6-16(22)7-4-13/h1-11,20H,12H2,(H,23,25). The van der Waals surface area contributed by atoms with Crippen molar-refractivity contribution in [3.8, 4) is 5.75 Å². The van der Waals surface area contributed by atoms with Gasteiger partial charge in [-0.1, -0.05) is 34.1 Å². The highest BCUT2D eigenvalue weighted by Crippen LogP contribution is 2.26. The Morgan fingerprint density at radius 2 is 2.00 bits per heavy atom. The Bertz CT molecular complexity index is 929. The maximum absolute atomic E-state index is 13.2. The van der Waals surface area contributed by atoms with Gasteiger partial charge in [0.1, 0.15) is 11.6 Å². The first kappa shape index (κ1) is 19.3. The van der Waals surface area contributed by atoms with Crippen molar-refractivity contribution in [2.24, 2.45) is 0 Å². The Morgan fingerprint density at radius 3 is 2.67 bits per heavy atom. The first-order valence-corrected chi connectivity index (χ1v) is 9.70. The Balaban J connectivity index is 1.72. The van der Waals surface area contributed by atoms with Crippen LogP contribution in [-0.4, -0.2) is 18.8 Å². The number of nitrogens with one attached hydrogen (secondary N) is 1. The zero-order valence-corrected chi connectivity index (χ0v) is 16.4. The quantitative estimate of drug-likeness (QED) is 0.531. The summed E-state index contributed by atoms with van der Waals surface area (Å²) in [6.45, 7) is -0.245. The van der Waals surface area contributed by atoms with Gasteiger partial charge in [0, 0.05) is 9.35 Å². The van der Waals surface area contributed by atoms with E-state index in [1.54, 1.807) is 30.3 Å². The molecule has 0 aliphatic heterocycles. The molecule has 3 rings (SSSR count). The molecule has 0 spiro atoms. The minimum Gasteiger partial charge on any atom is -0.483 e. The normalized spacial score (nSPS) is 11.6. The van der Waals surface area contributed by atoms with E-state index in [-0.39, 0.29) is 18.3 Å². The van der Waals surface area contributed by atoms with Crippen molar-refractivity contribution in [1.29, 1.82) is 0 Å². The second-order valence-electron chi connectivity index (χ2n) is 5.66. The lowest BCUT2D eigenvalue weighted by Crippen LogP contribution is -2.33. The van der Waals surface area contributed by atoms with Crippen LogP contribution in [-0.2, 0) is 4.79 Å². The van der Waals surface area contributed by atoms with Crippen LogP contribution in [0.1, 0.15) is 26.8 Å². The molecule has 27 heavy (non-hydrogen) atoms.